The molecule has 2 N–H and O–H groups in total. The van der Waals surface area contributed by atoms with Crippen LogP contribution >= 0.6 is 0 Å². The number of hydrogen-bond donors (Lipinski definition) is 2. The maximum absolute atomic E-state index is 14.4. The van der Waals surface area contributed by atoms with Gasteiger partial charge in [0.2, 0.25) is 17.7 Å². The van der Waals surface area contributed by atoms with E-state index in [1.165, 1.54) is 4.90 Å². The average molecular weight is 697 g/mol. The van der Waals surface area contributed by atoms with Gasteiger partial charge in [-0.15, -0.1) is 6.58 Å². The van der Waals surface area contributed by atoms with Crippen LogP contribution in [0.2, 0.25) is 0 Å². The molecule has 5 rings (SSSR count). The second-order valence-electron chi connectivity index (χ2n) is 15.7. The van der Waals surface area contributed by atoms with Crippen molar-refractivity contribution in [2.45, 2.75) is 109 Å². The fraction of sp³-hybridized carbons (Fsp3) is 0.583. The number of rotatable bonds is 11. The van der Waals surface area contributed by atoms with E-state index in [2.05, 4.69) is 22.2 Å². The molecule has 2 saturated carbocycles. The number of aryl methyl sites for hydroxylation is 1. The number of likely N-dealkylation sites (tertiary alicyclic amines) is 1. The summed E-state index contributed by atoms with van der Waals surface area (Å²) in [7, 11) is -3.64. The SMILES string of the molecule is C=C[C@@H]1C[C@]1(NC(=O)[C@@H]1C[C@@H](Oc2nccc3cccc(C)c23)CN1C(=O)[C@@H](NC(=O)OC(C)(C)C)C(C)(C)C)C(=O)CS(=O)(=O)C1CC1. The van der Waals surface area contributed by atoms with Crippen molar-refractivity contribution in [3.05, 3.63) is 48.7 Å². The van der Waals surface area contributed by atoms with Gasteiger partial charge in [0.1, 0.15) is 35.1 Å². The molecule has 2 aromatic rings. The summed E-state index contributed by atoms with van der Waals surface area (Å²) in [6.45, 7) is 16.3. The predicted octanol–water partition coefficient (Wildman–Crippen LogP) is 4.04. The van der Waals surface area contributed by atoms with Crippen LogP contribution in [0.4, 0.5) is 4.79 Å². The second kappa shape index (κ2) is 13.0. The van der Waals surface area contributed by atoms with Crippen LogP contribution in [0.25, 0.3) is 10.8 Å². The lowest BCUT2D eigenvalue weighted by Crippen LogP contribution is -2.59. The summed E-state index contributed by atoms with van der Waals surface area (Å²) >= 11 is 0. The number of carbonyl (C=O) groups excluding carboxylic acids is 4. The number of hydrogen-bond acceptors (Lipinski definition) is 9. The average Bonchev–Trinajstić information content (AvgIpc) is 3.91. The van der Waals surface area contributed by atoms with Gasteiger partial charge >= 0.3 is 6.09 Å². The van der Waals surface area contributed by atoms with Crippen molar-refractivity contribution in [1.82, 2.24) is 20.5 Å². The molecule has 1 saturated heterocycles. The fourth-order valence-electron chi connectivity index (χ4n) is 6.50. The van der Waals surface area contributed by atoms with Crippen molar-refractivity contribution in [1.29, 1.82) is 0 Å². The third-order valence-electron chi connectivity index (χ3n) is 9.37. The minimum Gasteiger partial charge on any atom is -0.472 e. The molecule has 0 spiro atoms. The van der Waals surface area contributed by atoms with Gasteiger partial charge in [0.15, 0.2) is 15.6 Å². The number of fused-ring (bicyclic) bond motifs is 1. The Morgan fingerprint density at radius 3 is 2.41 bits per heavy atom. The summed E-state index contributed by atoms with van der Waals surface area (Å²) in [5.74, 6) is -2.49. The molecule has 2 heterocycles. The molecule has 0 radical (unpaired) electrons. The Balaban J connectivity index is 1.45. The molecular formula is C36H48N4O8S. The molecule has 1 aromatic carbocycles. The molecule has 0 bridgehead atoms. The Morgan fingerprint density at radius 1 is 1.12 bits per heavy atom. The minimum atomic E-state index is -3.64. The van der Waals surface area contributed by atoms with Crippen LogP contribution in [0.15, 0.2) is 43.1 Å². The Bertz CT molecular complexity index is 1770. The molecule has 3 amide bonds. The summed E-state index contributed by atoms with van der Waals surface area (Å²) < 4.78 is 37.4. The quantitative estimate of drug-likeness (QED) is 0.331. The number of alkyl carbamates (subject to hydrolysis) is 1. The van der Waals surface area contributed by atoms with E-state index >= 15 is 0 Å². The van der Waals surface area contributed by atoms with Gasteiger partial charge in [0.05, 0.1) is 11.8 Å². The zero-order valence-corrected chi connectivity index (χ0v) is 30.2. The zero-order valence-electron chi connectivity index (χ0n) is 29.4. The number of aromatic nitrogens is 1. The molecule has 49 heavy (non-hydrogen) atoms. The second-order valence-corrected chi connectivity index (χ2v) is 17.9. The maximum Gasteiger partial charge on any atom is 0.408 e. The molecule has 12 nitrogen and oxygen atoms in total. The maximum atomic E-state index is 14.4. The van der Waals surface area contributed by atoms with E-state index < -0.39 is 85.2 Å². The van der Waals surface area contributed by atoms with Crippen LogP contribution in [0, 0.1) is 18.3 Å². The minimum absolute atomic E-state index is 0.00859. The lowest BCUT2D eigenvalue weighted by atomic mass is 9.85. The highest BCUT2D eigenvalue weighted by Gasteiger charge is 2.61. The van der Waals surface area contributed by atoms with Crippen LogP contribution in [-0.4, -0.2) is 88.9 Å². The number of carbonyl (C=O) groups is 4. The van der Waals surface area contributed by atoms with E-state index in [4.69, 9.17) is 9.47 Å². The van der Waals surface area contributed by atoms with E-state index in [-0.39, 0.29) is 19.4 Å². The van der Waals surface area contributed by atoms with Crippen molar-refractivity contribution >= 4 is 44.3 Å². The van der Waals surface area contributed by atoms with Crippen LogP contribution in [0.3, 0.4) is 0 Å². The Morgan fingerprint density at radius 2 is 1.82 bits per heavy atom. The number of Topliss-reactive ketones (excluding diaryl/α,β-unsaturated/α-hetero) is 1. The molecule has 3 fully saturated rings. The standard InChI is InChI=1S/C36H48N4O8S/c1-9-23-18-36(23,27(41)20-49(45,46)25-13-14-25)39-30(42)26-17-24(47-31-28-21(2)11-10-12-22(28)15-16-37-31)19-40(26)32(43)29(34(3,4)5)38-33(44)48-35(6,7)8/h9-12,15-16,23-26,29H,1,13-14,17-20H2,2-8H3,(H,38,44)(H,39,42)/t23-,24-,26+,29-,36-/m1/s1. The van der Waals surface area contributed by atoms with Crippen LogP contribution < -0.4 is 15.4 Å². The van der Waals surface area contributed by atoms with Gasteiger partial charge < -0.3 is 25.0 Å². The van der Waals surface area contributed by atoms with Gasteiger partial charge in [-0.2, -0.15) is 0 Å². The van der Waals surface area contributed by atoms with Gasteiger partial charge in [-0.3, -0.25) is 14.4 Å². The summed E-state index contributed by atoms with van der Waals surface area (Å²) in [5, 5.41) is 6.77. The number of ketones is 1. The van der Waals surface area contributed by atoms with E-state index in [1.54, 1.807) is 53.8 Å². The Labute approximate surface area is 288 Å². The number of pyridine rings is 1. The number of sulfone groups is 1. The highest BCUT2D eigenvalue weighted by Crippen LogP contribution is 2.46. The third kappa shape index (κ3) is 7.92. The number of nitrogens with one attached hydrogen (secondary N) is 2. The van der Waals surface area contributed by atoms with E-state index in [9.17, 15) is 27.6 Å². The molecule has 13 heteroatoms. The highest BCUT2D eigenvalue weighted by atomic mass is 32.2. The fourth-order valence-corrected chi connectivity index (χ4v) is 8.21. The van der Waals surface area contributed by atoms with E-state index in [1.807, 2.05) is 31.2 Å². The molecule has 1 aliphatic heterocycles. The van der Waals surface area contributed by atoms with E-state index in [0.29, 0.717) is 18.7 Å². The molecular weight excluding hydrogens is 648 g/mol. The van der Waals surface area contributed by atoms with E-state index in [0.717, 1.165) is 16.3 Å². The van der Waals surface area contributed by atoms with Gasteiger partial charge in [-0.05, 0) is 69.4 Å². The van der Waals surface area contributed by atoms with Gasteiger partial charge in [-0.25, -0.2) is 18.2 Å². The van der Waals surface area contributed by atoms with Crippen molar-refractivity contribution in [2.75, 3.05) is 12.3 Å². The molecule has 0 unspecified atom stereocenters. The van der Waals surface area contributed by atoms with Crippen molar-refractivity contribution in [3.63, 3.8) is 0 Å². The summed E-state index contributed by atoms with van der Waals surface area (Å²) in [5.41, 5.74) is -2.09. The molecule has 3 aliphatic rings. The van der Waals surface area contributed by atoms with Gasteiger partial charge in [0.25, 0.3) is 0 Å². The number of benzene rings is 1. The van der Waals surface area contributed by atoms with Crippen molar-refractivity contribution in [2.24, 2.45) is 11.3 Å². The van der Waals surface area contributed by atoms with Crippen LogP contribution in [-0.2, 0) is 29.0 Å². The normalized spacial score (nSPS) is 24.6. The summed E-state index contributed by atoms with van der Waals surface area (Å²) in [4.78, 5) is 60.9. The van der Waals surface area contributed by atoms with Crippen molar-refractivity contribution in [3.8, 4) is 5.88 Å². The number of amides is 3. The Hall–Kier alpha value is -4.00. The number of nitrogens with zero attached hydrogens (tertiary/aromatic N) is 2. The first-order valence-corrected chi connectivity index (χ1v) is 18.5. The van der Waals surface area contributed by atoms with Crippen molar-refractivity contribution < 1.29 is 37.1 Å². The van der Waals surface area contributed by atoms with Crippen LogP contribution in [0.5, 0.6) is 5.88 Å². The van der Waals surface area contributed by atoms with Gasteiger partial charge in [-0.1, -0.05) is 45.0 Å². The first-order chi connectivity index (χ1) is 22.8. The molecule has 1 aromatic heterocycles. The predicted molar refractivity (Wildman–Crippen MR) is 185 cm³/mol. The first kappa shape index (κ1) is 36.3. The molecule has 2 aliphatic carbocycles. The lowest BCUT2D eigenvalue weighted by Gasteiger charge is -2.36. The topological polar surface area (TPSA) is 161 Å². The van der Waals surface area contributed by atoms with Gasteiger partial charge in [0, 0.05) is 23.9 Å². The smallest absolute Gasteiger partial charge is 0.408 e. The largest absolute Gasteiger partial charge is 0.472 e. The number of ether oxygens (including phenoxy) is 2. The highest BCUT2D eigenvalue weighted by molar-refractivity contribution is 7.93. The lowest BCUT2D eigenvalue weighted by molar-refractivity contribution is -0.142. The zero-order chi connectivity index (χ0) is 36.1. The molecule has 5 atom stereocenters. The van der Waals surface area contributed by atoms with Crippen LogP contribution in [0.1, 0.15) is 72.8 Å². The summed E-state index contributed by atoms with van der Waals surface area (Å²) in [6.07, 6.45) is 3.05. The monoisotopic (exact) mass is 696 g/mol. The Kier molecular flexibility index (Phi) is 9.65. The molecule has 266 valence electrons. The third-order valence-corrected chi connectivity index (χ3v) is 11.5. The summed E-state index contributed by atoms with van der Waals surface area (Å²) in [6, 6.07) is 5.50. The first-order valence-electron chi connectivity index (χ1n) is 16.8.